The highest BCUT2D eigenvalue weighted by atomic mass is 16.5. The molecule has 6 aromatic rings. The van der Waals surface area contributed by atoms with Gasteiger partial charge in [0.2, 0.25) is 0 Å². The third kappa shape index (κ3) is 3.23. The summed E-state index contributed by atoms with van der Waals surface area (Å²) in [6, 6.07) is 41.4. The molecule has 0 unspecified atom stereocenters. The summed E-state index contributed by atoms with van der Waals surface area (Å²) in [6.45, 7) is 0.752. The molecule has 0 radical (unpaired) electrons. The fourth-order valence-corrected chi connectivity index (χ4v) is 6.37. The lowest BCUT2D eigenvalue weighted by Gasteiger charge is -2.32. The average molecular weight is 503 g/mol. The van der Waals surface area contributed by atoms with Gasteiger partial charge in [0.15, 0.2) is 0 Å². The minimum absolute atomic E-state index is 0.752. The lowest BCUT2D eigenvalue weighted by Crippen LogP contribution is -2.31. The number of para-hydroxylation sites is 1. The van der Waals surface area contributed by atoms with E-state index in [2.05, 4.69) is 131 Å². The zero-order valence-corrected chi connectivity index (χ0v) is 21.6. The molecule has 39 heavy (non-hydrogen) atoms. The van der Waals surface area contributed by atoms with Gasteiger partial charge < -0.3 is 4.74 Å². The van der Waals surface area contributed by atoms with Gasteiger partial charge in [0.25, 0.3) is 0 Å². The molecule has 0 saturated heterocycles. The first-order chi connectivity index (χ1) is 19.3. The minimum Gasteiger partial charge on any atom is -0.497 e. The summed E-state index contributed by atoms with van der Waals surface area (Å²) in [7, 11) is 1.73. The van der Waals surface area contributed by atoms with E-state index in [0.717, 1.165) is 17.8 Å². The Hall–Kier alpha value is -5.02. The Labute approximate surface area is 227 Å². The summed E-state index contributed by atoms with van der Waals surface area (Å²) < 4.78 is 7.98. The van der Waals surface area contributed by atoms with Crippen LogP contribution in [0.5, 0.6) is 5.75 Å². The lowest BCUT2D eigenvalue weighted by atomic mass is 9.79. The van der Waals surface area contributed by atoms with Crippen LogP contribution in [0.4, 0.5) is 0 Å². The number of hydrogen-bond donors (Lipinski definition) is 0. The second kappa shape index (κ2) is 8.50. The van der Waals surface area contributed by atoms with E-state index in [1.807, 2.05) is 6.07 Å². The summed E-state index contributed by atoms with van der Waals surface area (Å²) in [5.74, 6) is 0.856. The number of aromatic nitrogens is 1. The second-order valence-corrected chi connectivity index (χ2v) is 10.1. The van der Waals surface area contributed by atoms with Gasteiger partial charge in [0, 0.05) is 28.6 Å². The molecule has 1 aromatic heterocycles. The number of ether oxygens (including phenoxy) is 1. The van der Waals surface area contributed by atoms with Gasteiger partial charge in [-0.2, -0.15) is 0 Å². The smallest absolute Gasteiger partial charge is 0.121 e. The van der Waals surface area contributed by atoms with Crippen LogP contribution < -0.4 is 9.75 Å². The van der Waals surface area contributed by atoms with Crippen molar-refractivity contribution in [3.63, 3.8) is 0 Å². The monoisotopic (exact) mass is 502 g/mol. The molecular formula is C36H26N2O. The highest BCUT2D eigenvalue weighted by molar-refractivity contribution is 6.14. The third-order valence-electron chi connectivity index (χ3n) is 8.11. The first-order valence-electron chi connectivity index (χ1n) is 13.4. The van der Waals surface area contributed by atoms with Crippen molar-refractivity contribution in [1.82, 2.24) is 4.68 Å². The Morgan fingerprint density at radius 2 is 1.08 bits per heavy atom. The quantitative estimate of drug-likeness (QED) is 0.236. The van der Waals surface area contributed by atoms with Gasteiger partial charge in [0.1, 0.15) is 5.75 Å². The highest BCUT2D eigenvalue weighted by Crippen LogP contribution is 2.47. The first-order valence-corrected chi connectivity index (χ1v) is 13.4. The SMILES string of the molecule is COc1ccc2c3ccccc3n(N3C=C4C(=CC3)c3ccccc3-c3ccccc3-c3ccccc34)c2c1. The van der Waals surface area contributed by atoms with Crippen LogP contribution in [0.3, 0.4) is 0 Å². The fraction of sp³-hybridized carbons (Fsp3) is 0.0556. The zero-order chi connectivity index (χ0) is 25.9. The molecular weight excluding hydrogens is 476 g/mol. The maximum atomic E-state index is 5.64. The van der Waals surface area contributed by atoms with E-state index < -0.39 is 0 Å². The highest BCUT2D eigenvalue weighted by Gasteiger charge is 2.27. The summed E-state index contributed by atoms with van der Waals surface area (Å²) in [5, 5.41) is 4.80. The first kappa shape index (κ1) is 22.0. The van der Waals surface area contributed by atoms with Gasteiger partial charge in [-0.05, 0) is 57.2 Å². The number of fused-ring (bicyclic) bond motifs is 11. The number of benzene rings is 5. The van der Waals surface area contributed by atoms with Crippen molar-refractivity contribution < 1.29 is 4.74 Å². The predicted molar refractivity (Wildman–Crippen MR) is 162 cm³/mol. The summed E-state index contributed by atoms with van der Waals surface area (Å²) in [4.78, 5) is 0. The number of allylic oxidation sites excluding steroid dienone is 2. The van der Waals surface area contributed by atoms with Crippen LogP contribution in [-0.4, -0.2) is 18.3 Å². The zero-order valence-electron chi connectivity index (χ0n) is 21.6. The van der Waals surface area contributed by atoms with E-state index in [4.69, 9.17) is 4.74 Å². The third-order valence-corrected chi connectivity index (χ3v) is 8.11. The molecule has 0 saturated carbocycles. The lowest BCUT2D eigenvalue weighted by molar-refractivity contribution is 0.415. The number of methoxy groups -OCH3 is 1. The molecule has 1 aliphatic carbocycles. The van der Waals surface area contributed by atoms with Crippen molar-refractivity contribution in [3.05, 3.63) is 139 Å². The Kier molecular flexibility index (Phi) is 4.80. The van der Waals surface area contributed by atoms with E-state index in [1.54, 1.807) is 7.11 Å². The molecule has 1 aliphatic heterocycles. The topological polar surface area (TPSA) is 17.4 Å². The van der Waals surface area contributed by atoms with Crippen molar-refractivity contribution >= 4 is 33.0 Å². The summed E-state index contributed by atoms with van der Waals surface area (Å²) in [6.07, 6.45) is 4.73. The van der Waals surface area contributed by atoms with E-state index in [0.29, 0.717) is 0 Å². The molecule has 3 nitrogen and oxygen atoms in total. The van der Waals surface area contributed by atoms with Crippen LogP contribution in [0.1, 0.15) is 11.1 Å². The molecule has 0 fully saturated rings. The van der Waals surface area contributed by atoms with Crippen LogP contribution in [0.25, 0.3) is 55.2 Å². The molecule has 0 bridgehead atoms. The van der Waals surface area contributed by atoms with Gasteiger partial charge in [-0.15, -0.1) is 0 Å². The van der Waals surface area contributed by atoms with Gasteiger partial charge in [-0.3, -0.25) is 9.69 Å². The Balaban J connectivity index is 1.42. The van der Waals surface area contributed by atoms with Crippen LogP contribution in [-0.2, 0) is 0 Å². The van der Waals surface area contributed by atoms with Crippen molar-refractivity contribution in [2.75, 3.05) is 18.7 Å². The normalized spacial score (nSPS) is 13.9. The molecule has 0 spiro atoms. The molecule has 3 heteroatoms. The maximum absolute atomic E-state index is 5.64. The van der Waals surface area contributed by atoms with E-state index in [9.17, 15) is 0 Å². The van der Waals surface area contributed by atoms with Crippen LogP contribution in [0, 0.1) is 0 Å². The fourth-order valence-electron chi connectivity index (χ4n) is 6.37. The van der Waals surface area contributed by atoms with Gasteiger partial charge >= 0.3 is 0 Å². The van der Waals surface area contributed by atoms with Crippen molar-refractivity contribution in [2.24, 2.45) is 0 Å². The molecule has 0 atom stereocenters. The Morgan fingerprint density at radius 3 is 1.74 bits per heavy atom. The Morgan fingerprint density at radius 1 is 0.538 bits per heavy atom. The van der Waals surface area contributed by atoms with Gasteiger partial charge in [-0.1, -0.05) is 97.1 Å². The molecule has 8 rings (SSSR count). The van der Waals surface area contributed by atoms with Crippen LogP contribution in [0.2, 0.25) is 0 Å². The Bertz CT molecular complexity index is 1990. The van der Waals surface area contributed by atoms with E-state index >= 15 is 0 Å². The standard InChI is InChI=1S/C36H26N2O/c1-39-24-18-19-33-32-16-8-9-17-35(32)38(36(33)22-24)37-21-20-31-29-14-5-4-12-27(29)25-10-2-3-11-26(25)28-13-6-7-15-30(28)34(31)23-37/h2-20,22-23H,21H2,1H3. The van der Waals surface area contributed by atoms with Crippen LogP contribution >= 0.6 is 0 Å². The van der Waals surface area contributed by atoms with Gasteiger partial charge in [0.05, 0.1) is 24.7 Å². The molecule has 0 amide bonds. The van der Waals surface area contributed by atoms with E-state index in [-0.39, 0.29) is 0 Å². The molecule has 2 heterocycles. The van der Waals surface area contributed by atoms with Gasteiger partial charge in [-0.25, -0.2) is 0 Å². The summed E-state index contributed by atoms with van der Waals surface area (Å²) in [5.41, 5.74) is 12.4. The molecule has 2 aliphatic rings. The van der Waals surface area contributed by atoms with Crippen molar-refractivity contribution in [2.45, 2.75) is 0 Å². The van der Waals surface area contributed by atoms with E-state index in [1.165, 1.54) is 60.8 Å². The number of rotatable bonds is 2. The molecule has 186 valence electrons. The summed E-state index contributed by atoms with van der Waals surface area (Å²) >= 11 is 0. The number of hydrogen-bond acceptors (Lipinski definition) is 2. The molecule has 5 aromatic carbocycles. The second-order valence-electron chi connectivity index (χ2n) is 10.1. The average Bonchev–Trinajstić information content (AvgIpc) is 3.34. The number of nitrogens with zero attached hydrogens (tertiary/aromatic N) is 2. The minimum atomic E-state index is 0.752. The van der Waals surface area contributed by atoms with Crippen LogP contribution in [0.15, 0.2) is 128 Å². The van der Waals surface area contributed by atoms with Crippen molar-refractivity contribution in [1.29, 1.82) is 0 Å². The molecule has 0 N–H and O–H groups in total. The predicted octanol–water partition coefficient (Wildman–Crippen LogP) is 8.53. The maximum Gasteiger partial charge on any atom is 0.121 e. The largest absolute Gasteiger partial charge is 0.497 e. The van der Waals surface area contributed by atoms with Crippen molar-refractivity contribution in [3.8, 4) is 28.0 Å².